The van der Waals surface area contributed by atoms with Crippen LogP contribution in [0.3, 0.4) is 0 Å². The second-order valence-corrected chi connectivity index (χ2v) is 13.7. The largest absolute Gasteiger partial charge is 0.458 e. The molecule has 0 unspecified atom stereocenters. The summed E-state index contributed by atoms with van der Waals surface area (Å²) in [5, 5.41) is 45.9. The fraction of sp³-hybridized carbons (Fsp3) is 0.900. The normalized spacial score (nSPS) is 53.4. The van der Waals surface area contributed by atoms with Crippen LogP contribution in [0.1, 0.15) is 78.1 Å². The van der Waals surface area contributed by atoms with Gasteiger partial charge in [0, 0.05) is 36.9 Å². The summed E-state index contributed by atoms with van der Waals surface area (Å²) >= 11 is 0. The lowest BCUT2D eigenvalue weighted by molar-refractivity contribution is -0.298. The third-order valence-corrected chi connectivity index (χ3v) is 12.3. The van der Waals surface area contributed by atoms with Crippen molar-refractivity contribution in [2.75, 3.05) is 20.3 Å². The Balaban J connectivity index is 1.20. The molecule has 39 heavy (non-hydrogen) atoms. The van der Waals surface area contributed by atoms with Crippen molar-refractivity contribution in [3.05, 3.63) is 11.6 Å². The Morgan fingerprint density at radius 2 is 1.85 bits per heavy atom. The molecule has 2 aliphatic heterocycles. The first-order chi connectivity index (χ1) is 18.5. The standard InChI is InChI=1S/C30H46O9/c1-17-26(33)23(36-3)13-25(38-17)39-19-4-9-28(16-31)21-5-8-27(2)20(18-12-24(32)37-15-18)7-11-30(27,35)22(21)6-10-29(28,34)14-19/h12,17,19-23,25-26,31,33-35H,4-11,13-16H2,1-3H3/t17-,19+,20-,21+,22-,23+,25-,26-,27-,28+,29+,30+/m1/s1. The van der Waals surface area contributed by atoms with Crippen LogP contribution in [0.2, 0.25) is 0 Å². The topological polar surface area (TPSA) is 135 Å². The van der Waals surface area contributed by atoms with E-state index in [9.17, 15) is 25.2 Å². The van der Waals surface area contributed by atoms with Crippen molar-refractivity contribution >= 4 is 5.97 Å². The Kier molecular flexibility index (Phi) is 7.02. The molecule has 220 valence electrons. The number of aliphatic hydroxyl groups excluding tert-OH is 2. The molecule has 2 heterocycles. The van der Waals surface area contributed by atoms with Crippen molar-refractivity contribution in [1.29, 1.82) is 0 Å². The van der Waals surface area contributed by atoms with E-state index in [0.717, 1.165) is 24.8 Å². The van der Waals surface area contributed by atoms with Crippen molar-refractivity contribution in [3.8, 4) is 0 Å². The molecule has 6 aliphatic rings. The van der Waals surface area contributed by atoms with Crippen LogP contribution in [0.25, 0.3) is 0 Å². The first kappa shape index (κ1) is 28.1. The number of esters is 1. The molecule has 0 aromatic heterocycles. The smallest absolute Gasteiger partial charge is 0.331 e. The molecule has 4 aliphatic carbocycles. The first-order valence-corrected chi connectivity index (χ1v) is 14.9. The number of hydrogen-bond acceptors (Lipinski definition) is 9. The van der Waals surface area contributed by atoms with Gasteiger partial charge in [0.05, 0.1) is 36.1 Å². The van der Waals surface area contributed by atoms with Gasteiger partial charge in [-0.05, 0) is 81.6 Å². The molecule has 4 saturated carbocycles. The molecule has 0 aromatic carbocycles. The van der Waals surface area contributed by atoms with Crippen LogP contribution in [-0.4, -0.2) is 88.6 Å². The van der Waals surface area contributed by atoms with Gasteiger partial charge in [0.15, 0.2) is 6.29 Å². The minimum Gasteiger partial charge on any atom is -0.458 e. The molecule has 12 atom stereocenters. The van der Waals surface area contributed by atoms with Crippen LogP contribution in [0.4, 0.5) is 0 Å². The van der Waals surface area contributed by atoms with Crippen molar-refractivity contribution in [3.63, 3.8) is 0 Å². The van der Waals surface area contributed by atoms with Crippen LogP contribution in [0, 0.1) is 28.6 Å². The van der Waals surface area contributed by atoms with Crippen molar-refractivity contribution in [2.24, 2.45) is 28.6 Å². The number of cyclic esters (lactones) is 1. The summed E-state index contributed by atoms with van der Waals surface area (Å²) in [7, 11) is 1.58. The van der Waals surface area contributed by atoms with Crippen LogP contribution in [-0.2, 0) is 23.7 Å². The third kappa shape index (κ3) is 4.02. The van der Waals surface area contributed by atoms with Crippen molar-refractivity contribution in [2.45, 2.75) is 120 Å². The number of hydrogen-bond donors (Lipinski definition) is 4. The predicted molar refractivity (Wildman–Crippen MR) is 139 cm³/mol. The van der Waals surface area contributed by atoms with Crippen molar-refractivity contribution in [1.82, 2.24) is 0 Å². The van der Waals surface area contributed by atoms with Gasteiger partial charge in [-0.15, -0.1) is 0 Å². The average Bonchev–Trinajstić information content (AvgIpc) is 3.45. The SMILES string of the molecule is CO[C@H]1C[C@@H](O[C@H]2CC[C@]3(CO)[C@H]4CC[C@]5(C)[C@@H](C6=CC(=O)OC6)CC[C@]5(O)[C@@H]4CC[C@]3(O)C2)O[C@H](C)[C@H]1O. The number of carbonyl (C=O) groups excluding carboxylic acids is 1. The van der Waals surface area contributed by atoms with E-state index in [1.807, 2.05) is 6.92 Å². The van der Waals surface area contributed by atoms with Crippen molar-refractivity contribution < 1.29 is 44.2 Å². The fourth-order valence-corrected chi connectivity index (χ4v) is 10.2. The molecule has 4 N–H and O–H groups in total. The highest BCUT2D eigenvalue weighted by molar-refractivity contribution is 5.85. The molecule has 0 amide bonds. The monoisotopic (exact) mass is 550 g/mol. The zero-order chi connectivity index (χ0) is 27.8. The van der Waals surface area contributed by atoms with Gasteiger partial charge in [0.1, 0.15) is 12.7 Å². The quantitative estimate of drug-likeness (QED) is 0.300. The zero-order valence-electron chi connectivity index (χ0n) is 23.5. The maximum absolute atomic E-state index is 12.4. The van der Waals surface area contributed by atoms with E-state index in [4.69, 9.17) is 18.9 Å². The van der Waals surface area contributed by atoms with E-state index in [1.54, 1.807) is 13.2 Å². The fourth-order valence-electron chi connectivity index (χ4n) is 10.2. The highest BCUT2D eigenvalue weighted by Crippen LogP contribution is 2.70. The number of methoxy groups -OCH3 is 1. The van der Waals surface area contributed by atoms with Gasteiger partial charge in [-0.25, -0.2) is 4.79 Å². The van der Waals surface area contributed by atoms with Crippen LogP contribution < -0.4 is 0 Å². The number of rotatable bonds is 5. The predicted octanol–water partition coefficient (Wildman–Crippen LogP) is 2.23. The van der Waals surface area contributed by atoms with Gasteiger partial charge in [0.25, 0.3) is 0 Å². The van der Waals surface area contributed by atoms with Gasteiger partial charge in [0.2, 0.25) is 0 Å². The average molecular weight is 551 g/mol. The van der Waals surface area contributed by atoms with E-state index in [0.29, 0.717) is 51.6 Å². The van der Waals surface area contributed by atoms with E-state index in [-0.39, 0.29) is 48.0 Å². The molecule has 5 fully saturated rings. The molecule has 9 heteroatoms. The van der Waals surface area contributed by atoms with Crippen LogP contribution in [0.15, 0.2) is 11.6 Å². The number of ether oxygens (including phenoxy) is 4. The summed E-state index contributed by atoms with van der Waals surface area (Å²) in [5.41, 5.74) is -2.06. The lowest BCUT2D eigenvalue weighted by Crippen LogP contribution is -2.69. The van der Waals surface area contributed by atoms with Gasteiger partial charge >= 0.3 is 5.97 Å². The summed E-state index contributed by atoms with van der Waals surface area (Å²) < 4.78 is 23.0. The molecule has 0 aromatic rings. The summed E-state index contributed by atoms with van der Waals surface area (Å²) in [6.07, 6.45) is 5.82. The Labute approximate surface area is 230 Å². The lowest BCUT2D eigenvalue weighted by atomic mass is 9.41. The van der Waals surface area contributed by atoms with E-state index in [2.05, 4.69) is 6.92 Å². The Hall–Kier alpha value is -1.07. The highest BCUT2D eigenvalue weighted by atomic mass is 16.7. The maximum Gasteiger partial charge on any atom is 0.331 e. The zero-order valence-corrected chi connectivity index (χ0v) is 23.5. The maximum atomic E-state index is 12.4. The van der Waals surface area contributed by atoms with Gasteiger partial charge < -0.3 is 39.4 Å². The first-order valence-electron chi connectivity index (χ1n) is 14.9. The molecular formula is C30H46O9. The summed E-state index contributed by atoms with van der Waals surface area (Å²) in [6.45, 7) is 4.19. The highest BCUT2D eigenvalue weighted by Gasteiger charge is 2.71. The number of aliphatic hydroxyl groups is 4. The summed E-state index contributed by atoms with van der Waals surface area (Å²) in [5.74, 6) is -0.192. The van der Waals surface area contributed by atoms with Crippen LogP contribution in [0.5, 0.6) is 0 Å². The molecule has 0 bridgehead atoms. The van der Waals surface area contributed by atoms with Gasteiger partial charge in [-0.3, -0.25) is 0 Å². The van der Waals surface area contributed by atoms with E-state index >= 15 is 0 Å². The Morgan fingerprint density at radius 3 is 2.54 bits per heavy atom. The lowest BCUT2D eigenvalue weighted by Gasteiger charge is -2.66. The minimum absolute atomic E-state index is 0.00781. The molecule has 1 saturated heterocycles. The number of fused-ring (bicyclic) bond motifs is 5. The number of carbonyl (C=O) groups is 1. The molecule has 0 spiro atoms. The van der Waals surface area contributed by atoms with E-state index < -0.39 is 35.1 Å². The van der Waals surface area contributed by atoms with Gasteiger partial charge in [-0.1, -0.05) is 6.92 Å². The second-order valence-electron chi connectivity index (χ2n) is 13.7. The molecule has 9 nitrogen and oxygen atoms in total. The Bertz CT molecular complexity index is 1000. The molecule has 6 rings (SSSR count). The molecular weight excluding hydrogens is 504 g/mol. The van der Waals surface area contributed by atoms with Crippen LogP contribution >= 0.6 is 0 Å². The van der Waals surface area contributed by atoms with E-state index in [1.165, 1.54) is 0 Å². The minimum atomic E-state index is -1.09. The Morgan fingerprint density at radius 1 is 1.08 bits per heavy atom. The molecule has 0 radical (unpaired) electrons. The summed E-state index contributed by atoms with van der Waals surface area (Å²) in [4.78, 5) is 11.8. The van der Waals surface area contributed by atoms with Gasteiger partial charge in [-0.2, -0.15) is 0 Å². The third-order valence-electron chi connectivity index (χ3n) is 12.3. The second kappa shape index (κ2) is 9.75. The summed E-state index contributed by atoms with van der Waals surface area (Å²) in [6, 6.07) is 0.